The topological polar surface area (TPSA) is 105 Å². The molecule has 1 saturated heterocycles. The Morgan fingerprint density at radius 1 is 1.21 bits per heavy atom. The monoisotopic (exact) mass is 406 g/mol. The first kappa shape index (κ1) is 22.5. The Balaban J connectivity index is 2.08. The SMILES string of the molecule is CC(C)(C)OC(=O)N[C@H](CC(=O)O)[C@H]1CCCCN1C(=O)OCc1ccccc1. The minimum Gasteiger partial charge on any atom is -0.481 e. The van der Waals surface area contributed by atoms with Crippen LogP contribution in [-0.4, -0.2) is 52.4 Å². The molecule has 0 unspecified atom stereocenters. The molecule has 8 heteroatoms. The van der Waals surface area contributed by atoms with Gasteiger partial charge in [-0.25, -0.2) is 9.59 Å². The highest BCUT2D eigenvalue weighted by atomic mass is 16.6. The van der Waals surface area contributed by atoms with Crippen LogP contribution in [0.1, 0.15) is 52.0 Å². The van der Waals surface area contributed by atoms with Gasteiger partial charge in [-0.3, -0.25) is 4.79 Å². The van der Waals surface area contributed by atoms with Crippen LogP contribution < -0.4 is 5.32 Å². The second-order valence-electron chi connectivity index (χ2n) is 8.15. The van der Waals surface area contributed by atoms with Gasteiger partial charge in [-0.2, -0.15) is 0 Å². The number of carbonyl (C=O) groups is 3. The first-order valence-electron chi connectivity index (χ1n) is 9.84. The van der Waals surface area contributed by atoms with E-state index >= 15 is 0 Å². The number of hydrogen-bond donors (Lipinski definition) is 2. The molecule has 8 nitrogen and oxygen atoms in total. The standard InChI is InChI=1S/C21H30N2O6/c1-21(2,3)29-19(26)22-16(13-18(24)25)17-11-7-8-12-23(17)20(27)28-14-15-9-5-4-6-10-15/h4-6,9-10,16-17H,7-8,11-14H2,1-3H3,(H,22,26)(H,24,25)/t16-,17-/m1/s1. The number of hydrogen-bond acceptors (Lipinski definition) is 5. The highest BCUT2D eigenvalue weighted by Gasteiger charge is 2.36. The summed E-state index contributed by atoms with van der Waals surface area (Å²) >= 11 is 0. The summed E-state index contributed by atoms with van der Waals surface area (Å²) in [6.45, 7) is 5.77. The maximum absolute atomic E-state index is 12.7. The number of aliphatic carboxylic acids is 1. The number of alkyl carbamates (subject to hydrolysis) is 1. The molecule has 1 aliphatic heterocycles. The van der Waals surface area contributed by atoms with E-state index in [4.69, 9.17) is 9.47 Å². The fraction of sp³-hybridized carbons (Fsp3) is 0.571. The molecule has 0 bridgehead atoms. The smallest absolute Gasteiger partial charge is 0.410 e. The van der Waals surface area contributed by atoms with Crippen molar-refractivity contribution in [3.63, 3.8) is 0 Å². The van der Waals surface area contributed by atoms with Crippen molar-refractivity contribution in [2.24, 2.45) is 0 Å². The zero-order chi connectivity index (χ0) is 21.4. The first-order valence-corrected chi connectivity index (χ1v) is 9.84. The maximum Gasteiger partial charge on any atom is 0.410 e. The van der Waals surface area contributed by atoms with Gasteiger partial charge in [0.05, 0.1) is 18.5 Å². The van der Waals surface area contributed by atoms with Crippen LogP contribution in [0, 0.1) is 0 Å². The molecule has 160 valence electrons. The number of piperidine rings is 1. The van der Waals surface area contributed by atoms with E-state index in [-0.39, 0.29) is 13.0 Å². The highest BCUT2D eigenvalue weighted by molar-refractivity contribution is 5.73. The molecule has 2 atom stereocenters. The number of benzene rings is 1. The molecule has 0 aromatic heterocycles. The molecular formula is C21H30N2O6. The van der Waals surface area contributed by atoms with Crippen molar-refractivity contribution >= 4 is 18.2 Å². The summed E-state index contributed by atoms with van der Waals surface area (Å²) in [6, 6.07) is 8.07. The van der Waals surface area contributed by atoms with E-state index in [1.807, 2.05) is 30.3 Å². The zero-order valence-corrected chi connectivity index (χ0v) is 17.2. The highest BCUT2D eigenvalue weighted by Crippen LogP contribution is 2.23. The second-order valence-corrected chi connectivity index (χ2v) is 8.15. The van der Waals surface area contributed by atoms with Crippen LogP contribution in [0.25, 0.3) is 0 Å². The number of rotatable bonds is 6. The lowest BCUT2D eigenvalue weighted by Gasteiger charge is -2.39. The number of ether oxygens (including phenoxy) is 2. The van der Waals surface area contributed by atoms with Crippen molar-refractivity contribution in [3.05, 3.63) is 35.9 Å². The van der Waals surface area contributed by atoms with Crippen molar-refractivity contribution in [1.82, 2.24) is 10.2 Å². The molecule has 29 heavy (non-hydrogen) atoms. The average molecular weight is 406 g/mol. The number of likely N-dealkylation sites (tertiary alicyclic amines) is 1. The van der Waals surface area contributed by atoms with Crippen molar-refractivity contribution in [3.8, 4) is 0 Å². The second kappa shape index (κ2) is 10.1. The number of carboxylic acid groups (broad SMARTS) is 1. The molecule has 0 saturated carbocycles. The molecule has 0 radical (unpaired) electrons. The number of amides is 2. The van der Waals surface area contributed by atoms with E-state index in [9.17, 15) is 19.5 Å². The molecule has 2 amide bonds. The quantitative estimate of drug-likeness (QED) is 0.749. The average Bonchev–Trinajstić information content (AvgIpc) is 2.64. The van der Waals surface area contributed by atoms with Gasteiger partial charge in [0.15, 0.2) is 0 Å². The minimum absolute atomic E-state index is 0.131. The third-order valence-corrected chi connectivity index (χ3v) is 4.55. The van der Waals surface area contributed by atoms with Crippen LogP contribution in [0.2, 0.25) is 0 Å². The van der Waals surface area contributed by atoms with Gasteiger partial charge in [-0.1, -0.05) is 30.3 Å². The molecule has 1 aromatic carbocycles. The summed E-state index contributed by atoms with van der Waals surface area (Å²) in [5, 5.41) is 12.0. The predicted octanol–water partition coefficient (Wildman–Crippen LogP) is 3.55. The third kappa shape index (κ3) is 7.63. The van der Waals surface area contributed by atoms with Crippen molar-refractivity contribution in [2.75, 3.05) is 6.54 Å². The largest absolute Gasteiger partial charge is 0.481 e. The Morgan fingerprint density at radius 2 is 1.90 bits per heavy atom. The van der Waals surface area contributed by atoms with Crippen LogP contribution in [-0.2, 0) is 20.9 Å². The van der Waals surface area contributed by atoms with E-state index in [2.05, 4.69) is 5.32 Å². The summed E-state index contributed by atoms with van der Waals surface area (Å²) in [5.41, 5.74) is 0.155. The lowest BCUT2D eigenvalue weighted by Crippen LogP contribution is -2.56. The van der Waals surface area contributed by atoms with E-state index in [0.717, 1.165) is 18.4 Å². The van der Waals surface area contributed by atoms with Crippen LogP contribution >= 0.6 is 0 Å². The van der Waals surface area contributed by atoms with Gasteiger partial charge in [0.2, 0.25) is 0 Å². The summed E-state index contributed by atoms with van der Waals surface area (Å²) in [5.74, 6) is -1.06. The number of nitrogens with one attached hydrogen (secondary N) is 1. The van der Waals surface area contributed by atoms with Gasteiger partial charge in [0, 0.05) is 6.54 Å². The van der Waals surface area contributed by atoms with Crippen LogP contribution in [0.4, 0.5) is 9.59 Å². The number of nitrogens with zero attached hydrogens (tertiary/aromatic N) is 1. The number of carbonyl (C=O) groups excluding carboxylic acids is 2. The summed E-state index contributed by atoms with van der Waals surface area (Å²) in [4.78, 5) is 37.8. The minimum atomic E-state index is -1.06. The van der Waals surface area contributed by atoms with Gasteiger partial charge >= 0.3 is 18.2 Å². The molecule has 2 rings (SSSR count). The molecule has 0 spiro atoms. The summed E-state index contributed by atoms with van der Waals surface area (Å²) in [7, 11) is 0. The van der Waals surface area contributed by atoms with Gasteiger partial charge in [0.1, 0.15) is 12.2 Å². The zero-order valence-electron chi connectivity index (χ0n) is 17.2. The van der Waals surface area contributed by atoms with Gasteiger partial charge < -0.3 is 24.8 Å². The Hall–Kier alpha value is -2.77. The van der Waals surface area contributed by atoms with Crippen molar-refractivity contribution in [2.45, 2.75) is 70.7 Å². The van der Waals surface area contributed by atoms with Crippen LogP contribution in [0.15, 0.2) is 30.3 Å². The molecular weight excluding hydrogens is 376 g/mol. The molecule has 2 N–H and O–H groups in total. The molecule has 1 aromatic rings. The van der Waals surface area contributed by atoms with E-state index < -0.39 is 35.8 Å². The Bertz CT molecular complexity index is 701. The van der Waals surface area contributed by atoms with Crippen molar-refractivity contribution < 1.29 is 29.0 Å². The van der Waals surface area contributed by atoms with Crippen LogP contribution in [0.5, 0.6) is 0 Å². The third-order valence-electron chi connectivity index (χ3n) is 4.55. The number of carboxylic acids is 1. The molecule has 1 aliphatic rings. The summed E-state index contributed by atoms with van der Waals surface area (Å²) < 4.78 is 10.7. The Kier molecular flexibility index (Phi) is 7.87. The first-order chi connectivity index (χ1) is 13.7. The normalized spacial score (nSPS) is 17.9. The Labute approximate surface area is 171 Å². The van der Waals surface area contributed by atoms with Crippen molar-refractivity contribution in [1.29, 1.82) is 0 Å². The predicted molar refractivity (Wildman–Crippen MR) is 106 cm³/mol. The van der Waals surface area contributed by atoms with E-state index in [1.165, 1.54) is 4.90 Å². The van der Waals surface area contributed by atoms with E-state index in [1.54, 1.807) is 20.8 Å². The summed E-state index contributed by atoms with van der Waals surface area (Å²) in [6.07, 6.45) is 0.676. The lowest BCUT2D eigenvalue weighted by molar-refractivity contribution is -0.138. The fourth-order valence-corrected chi connectivity index (χ4v) is 3.33. The van der Waals surface area contributed by atoms with Crippen LogP contribution in [0.3, 0.4) is 0 Å². The van der Waals surface area contributed by atoms with Gasteiger partial charge in [-0.05, 0) is 45.6 Å². The van der Waals surface area contributed by atoms with Gasteiger partial charge in [-0.15, -0.1) is 0 Å². The molecule has 1 heterocycles. The molecule has 1 fully saturated rings. The Morgan fingerprint density at radius 3 is 2.52 bits per heavy atom. The molecule has 0 aliphatic carbocycles. The van der Waals surface area contributed by atoms with Gasteiger partial charge in [0.25, 0.3) is 0 Å². The lowest BCUT2D eigenvalue weighted by atomic mass is 9.94. The van der Waals surface area contributed by atoms with E-state index in [0.29, 0.717) is 13.0 Å². The fourth-order valence-electron chi connectivity index (χ4n) is 3.33. The maximum atomic E-state index is 12.7.